The van der Waals surface area contributed by atoms with Crippen LogP contribution in [0.3, 0.4) is 0 Å². The van der Waals surface area contributed by atoms with Crippen LogP contribution in [0.2, 0.25) is 0 Å². The molecule has 0 aromatic heterocycles. The van der Waals surface area contributed by atoms with Crippen molar-refractivity contribution in [1.29, 1.82) is 0 Å². The minimum atomic E-state index is -4.41. The summed E-state index contributed by atoms with van der Waals surface area (Å²) in [5.74, 6) is 1.00. The van der Waals surface area contributed by atoms with E-state index >= 15 is 0 Å². The van der Waals surface area contributed by atoms with Gasteiger partial charge in [-0.2, -0.15) is 13.2 Å². The van der Waals surface area contributed by atoms with Gasteiger partial charge in [0.25, 0.3) is 0 Å². The molecule has 158 valence electrons. The molecule has 1 aliphatic heterocycles. The second-order valence-corrected chi connectivity index (χ2v) is 7.26. The summed E-state index contributed by atoms with van der Waals surface area (Å²) in [4.78, 5) is 14.4. The molecule has 0 atom stereocenters. The molecule has 8 heteroatoms. The van der Waals surface area contributed by atoms with Gasteiger partial charge in [-0.3, -0.25) is 4.79 Å². The van der Waals surface area contributed by atoms with Crippen molar-refractivity contribution < 1.29 is 27.4 Å². The van der Waals surface area contributed by atoms with Gasteiger partial charge in [0.05, 0.1) is 7.11 Å². The number of hydrogen-bond acceptors (Lipinski definition) is 4. The van der Waals surface area contributed by atoms with E-state index in [1.54, 1.807) is 12.1 Å². The number of likely N-dealkylation sites (tertiary alicyclic amines) is 1. The molecule has 1 amide bonds. The average Bonchev–Trinajstić information content (AvgIpc) is 2.66. The second-order valence-electron chi connectivity index (χ2n) is 7.26. The SMILES string of the molecule is COc1cc(CCC(=O)NCCN2CCC(C)CC2)ccc1OCC(F)(F)F. The standard InChI is InChI=1S/C20H29F3N2O3/c1-15-7-10-25(11-8-15)12-9-24-19(26)6-4-16-3-5-17(18(13-16)27-2)28-14-20(21,22)23/h3,5,13,15H,4,6-12,14H2,1-2H3,(H,24,26). The number of amides is 1. The van der Waals surface area contributed by atoms with E-state index in [1.807, 2.05) is 0 Å². The highest BCUT2D eigenvalue weighted by molar-refractivity contribution is 5.76. The highest BCUT2D eigenvalue weighted by Gasteiger charge is 2.29. The van der Waals surface area contributed by atoms with Gasteiger partial charge in [-0.05, 0) is 56.0 Å². The van der Waals surface area contributed by atoms with Gasteiger partial charge < -0.3 is 19.7 Å². The van der Waals surface area contributed by atoms with Gasteiger partial charge in [0.15, 0.2) is 18.1 Å². The number of nitrogens with one attached hydrogen (secondary N) is 1. The van der Waals surface area contributed by atoms with Gasteiger partial charge in [-0.1, -0.05) is 13.0 Å². The number of hydrogen-bond donors (Lipinski definition) is 1. The third kappa shape index (κ3) is 7.96. The summed E-state index contributed by atoms with van der Waals surface area (Å²) < 4.78 is 46.7. The Balaban J connectivity index is 1.73. The first-order valence-electron chi connectivity index (χ1n) is 9.62. The number of carbonyl (C=O) groups is 1. The van der Waals surface area contributed by atoms with Crippen LogP contribution in [0.15, 0.2) is 18.2 Å². The van der Waals surface area contributed by atoms with Crippen LogP contribution in [0, 0.1) is 5.92 Å². The van der Waals surface area contributed by atoms with E-state index in [2.05, 4.69) is 17.1 Å². The maximum absolute atomic E-state index is 12.3. The van der Waals surface area contributed by atoms with Crippen LogP contribution >= 0.6 is 0 Å². The van der Waals surface area contributed by atoms with Crippen LogP contribution in [0.4, 0.5) is 13.2 Å². The molecular weight excluding hydrogens is 373 g/mol. The molecule has 2 rings (SSSR count). The Morgan fingerprint density at radius 2 is 1.96 bits per heavy atom. The Morgan fingerprint density at radius 3 is 2.61 bits per heavy atom. The van der Waals surface area contributed by atoms with Crippen molar-refractivity contribution in [3.8, 4) is 11.5 Å². The van der Waals surface area contributed by atoms with Crippen molar-refractivity contribution in [1.82, 2.24) is 10.2 Å². The van der Waals surface area contributed by atoms with E-state index in [4.69, 9.17) is 9.47 Å². The number of alkyl halides is 3. The summed E-state index contributed by atoms with van der Waals surface area (Å²) in [6.07, 6.45) is -1.21. The Bertz CT molecular complexity index is 630. The van der Waals surface area contributed by atoms with Crippen LogP contribution in [-0.2, 0) is 11.2 Å². The van der Waals surface area contributed by atoms with Gasteiger partial charge in [0.2, 0.25) is 5.91 Å². The smallest absolute Gasteiger partial charge is 0.422 e. The van der Waals surface area contributed by atoms with Crippen LogP contribution < -0.4 is 14.8 Å². The number of rotatable bonds is 9. The van der Waals surface area contributed by atoms with Gasteiger partial charge in [-0.25, -0.2) is 0 Å². The molecule has 0 radical (unpaired) electrons. The first-order chi connectivity index (χ1) is 13.3. The fourth-order valence-electron chi connectivity index (χ4n) is 3.13. The van der Waals surface area contributed by atoms with Gasteiger partial charge in [0, 0.05) is 19.5 Å². The van der Waals surface area contributed by atoms with E-state index < -0.39 is 12.8 Å². The van der Waals surface area contributed by atoms with Crippen LogP contribution in [0.25, 0.3) is 0 Å². The molecule has 1 fully saturated rings. The summed E-state index contributed by atoms with van der Waals surface area (Å²) in [5.41, 5.74) is 0.802. The van der Waals surface area contributed by atoms with Gasteiger partial charge in [-0.15, -0.1) is 0 Å². The Labute approximate surface area is 164 Å². The molecule has 28 heavy (non-hydrogen) atoms. The summed E-state index contributed by atoms with van der Waals surface area (Å²) in [7, 11) is 1.37. The largest absolute Gasteiger partial charge is 0.493 e. The molecule has 1 heterocycles. The van der Waals surface area contributed by atoms with Gasteiger partial charge in [0.1, 0.15) is 0 Å². The van der Waals surface area contributed by atoms with Crippen molar-refractivity contribution in [2.75, 3.05) is 39.9 Å². The van der Waals surface area contributed by atoms with E-state index in [0.29, 0.717) is 19.4 Å². The highest BCUT2D eigenvalue weighted by Crippen LogP contribution is 2.30. The molecule has 1 aliphatic rings. The lowest BCUT2D eigenvalue weighted by molar-refractivity contribution is -0.153. The maximum Gasteiger partial charge on any atom is 0.422 e. The molecular formula is C20H29F3N2O3. The lowest BCUT2D eigenvalue weighted by Crippen LogP contribution is -2.39. The number of methoxy groups -OCH3 is 1. The molecule has 1 N–H and O–H groups in total. The molecule has 0 bridgehead atoms. The minimum Gasteiger partial charge on any atom is -0.493 e. The molecule has 5 nitrogen and oxygen atoms in total. The van der Waals surface area contributed by atoms with E-state index in [0.717, 1.165) is 31.1 Å². The van der Waals surface area contributed by atoms with Crippen molar-refractivity contribution >= 4 is 5.91 Å². The monoisotopic (exact) mass is 402 g/mol. The van der Waals surface area contributed by atoms with Crippen molar-refractivity contribution in [3.63, 3.8) is 0 Å². The molecule has 1 aromatic carbocycles. The zero-order chi connectivity index (χ0) is 20.6. The molecule has 1 saturated heterocycles. The van der Waals surface area contributed by atoms with E-state index in [9.17, 15) is 18.0 Å². The number of aryl methyl sites for hydroxylation is 1. The van der Waals surface area contributed by atoms with Crippen molar-refractivity contribution in [2.24, 2.45) is 5.92 Å². The fraction of sp³-hybridized carbons (Fsp3) is 0.650. The topological polar surface area (TPSA) is 50.8 Å². The van der Waals surface area contributed by atoms with Crippen molar-refractivity contribution in [3.05, 3.63) is 23.8 Å². The average molecular weight is 402 g/mol. The zero-order valence-electron chi connectivity index (χ0n) is 16.5. The number of piperidine rings is 1. The summed E-state index contributed by atoms with van der Waals surface area (Å²) in [5, 5.41) is 2.93. The zero-order valence-corrected chi connectivity index (χ0v) is 16.5. The minimum absolute atomic E-state index is 0.0314. The summed E-state index contributed by atoms with van der Waals surface area (Å²) >= 11 is 0. The Kier molecular flexibility index (Phi) is 8.41. The summed E-state index contributed by atoms with van der Waals surface area (Å²) in [6, 6.07) is 4.69. The first kappa shape index (κ1) is 22.3. The molecule has 0 aliphatic carbocycles. The normalized spacial score (nSPS) is 16.0. The third-order valence-corrected chi connectivity index (χ3v) is 4.89. The maximum atomic E-state index is 12.3. The fourth-order valence-corrected chi connectivity index (χ4v) is 3.13. The predicted molar refractivity (Wildman–Crippen MR) is 101 cm³/mol. The van der Waals surface area contributed by atoms with Gasteiger partial charge >= 0.3 is 6.18 Å². The summed E-state index contributed by atoms with van der Waals surface area (Å²) in [6.45, 7) is 4.54. The lowest BCUT2D eigenvalue weighted by Gasteiger charge is -2.30. The Morgan fingerprint density at radius 1 is 1.25 bits per heavy atom. The van der Waals surface area contributed by atoms with Crippen molar-refractivity contribution in [2.45, 2.75) is 38.8 Å². The lowest BCUT2D eigenvalue weighted by atomic mass is 9.99. The quantitative estimate of drug-likeness (QED) is 0.688. The Hall–Kier alpha value is -1.96. The number of carbonyl (C=O) groups excluding carboxylic acids is 1. The molecule has 1 aromatic rings. The number of benzene rings is 1. The van der Waals surface area contributed by atoms with Crippen LogP contribution in [-0.4, -0.2) is 56.9 Å². The number of halogens is 3. The predicted octanol–water partition coefficient (Wildman–Crippen LogP) is 3.42. The number of ether oxygens (including phenoxy) is 2. The third-order valence-electron chi connectivity index (χ3n) is 4.89. The molecule has 0 saturated carbocycles. The van der Waals surface area contributed by atoms with E-state index in [-0.39, 0.29) is 17.4 Å². The van der Waals surface area contributed by atoms with Crippen LogP contribution in [0.5, 0.6) is 11.5 Å². The first-order valence-corrected chi connectivity index (χ1v) is 9.62. The van der Waals surface area contributed by atoms with E-state index in [1.165, 1.54) is 26.0 Å². The second kappa shape index (κ2) is 10.5. The highest BCUT2D eigenvalue weighted by atomic mass is 19.4. The molecule has 0 spiro atoms. The van der Waals surface area contributed by atoms with Crippen LogP contribution in [0.1, 0.15) is 31.7 Å². The number of nitrogens with zero attached hydrogens (tertiary/aromatic N) is 1. The molecule has 0 unspecified atom stereocenters.